The summed E-state index contributed by atoms with van der Waals surface area (Å²) < 4.78 is 37.5. The first-order valence-corrected chi connectivity index (χ1v) is 7.67. The van der Waals surface area contributed by atoms with Crippen molar-refractivity contribution in [2.75, 3.05) is 18.4 Å². The number of benzene rings is 1. The molecule has 0 aliphatic carbocycles. The summed E-state index contributed by atoms with van der Waals surface area (Å²) in [4.78, 5) is 20.0. The molecule has 0 bridgehead atoms. The van der Waals surface area contributed by atoms with Crippen LogP contribution in [0.15, 0.2) is 30.5 Å². The van der Waals surface area contributed by atoms with E-state index < -0.39 is 17.8 Å². The van der Waals surface area contributed by atoms with Crippen LogP contribution in [0.4, 0.5) is 19.1 Å². The standard InChI is InChI=1S/C16H17F3N4O/c17-16(18,19)13-9-20-15(21-13)22-14(24)12-5-3-11(4-6-12)10-23-7-1-2-8-23/h3-6,9H,1-2,7-8,10H2,(H2,20,21,22,24). The highest BCUT2D eigenvalue weighted by molar-refractivity contribution is 6.03. The van der Waals surface area contributed by atoms with Crippen LogP contribution in [0.1, 0.15) is 34.5 Å². The number of anilines is 1. The van der Waals surface area contributed by atoms with Gasteiger partial charge < -0.3 is 4.98 Å². The van der Waals surface area contributed by atoms with Crippen molar-refractivity contribution in [2.45, 2.75) is 25.6 Å². The molecule has 1 saturated heterocycles. The van der Waals surface area contributed by atoms with Crippen LogP contribution >= 0.6 is 0 Å². The molecule has 2 aromatic rings. The number of aromatic nitrogens is 2. The Hall–Kier alpha value is -2.35. The second kappa shape index (κ2) is 6.64. The average molecular weight is 338 g/mol. The number of H-pyrrole nitrogens is 1. The largest absolute Gasteiger partial charge is 0.432 e. The minimum atomic E-state index is -4.52. The van der Waals surface area contributed by atoms with E-state index in [0.29, 0.717) is 11.8 Å². The first-order valence-electron chi connectivity index (χ1n) is 7.67. The number of imidazole rings is 1. The Labute approximate surface area is 136 Å². The number of nitrogens with zero attached hydrogens (tertiary/aromatic N) is 2. The first-order chi connectivity index (χ1) is 11.4. The number of aromatic amines is 1. The van der Waals surface area contributed by atoms with E-state index in [-0.39, 0.29) is 5.95 Å². The zero-order valence-electron chi connectivity index (χ0n) is 12.9. The van der Waals surface area contributed by atoms with Gasteiger partial charge in [-0.05, 0) is 43.6 Å². The van der Waals surface area contributed by atoms with Gasteiger partial charge in [0.1, 0.15) is 5.69 Å². The molecule has 2 heterocycles. The number of likely N-dealkylation sites (tertiary alicyclic amines) is 1. The molecule has 0 atom stereocenters. The van der Waals surface area contributed by atoms with Crippen LogP contribution in [0.5, 0.6) is 0 Å². The lowest BCUT2D eigenvalue weighted by atomic mass is 10.1. The third-order valence-electron chi connectivity index (χ3n) is 3.93. The number of carbonyl (C=O) groups excluding carboxylic acids is 1. The molecule has 8 heteroatoms. The van der Waals surface area contributed by atoms with Gasteiger partial charge in [-0.1, -0.05) is 12.1 Å². The van der Waals surface area contributed by atoms with Gasteiger partial charge in [-0.15, -0.1) is 0 Å². The van der Waals surface area contributed by atoms with Crippen molar-refractivity contribution in [1.29, 1.82) is 0 Å². The van der Waals surface area contributed by atoms with Gasteiger partial charge in [0.15, 0.2) is 0 Å². The van der Waals surface area contributed by atoms with E-state index in [2.05, 4.69) is 15.2 Å². The summed E-state index contributed by atoms with van der Waals surface area (Å²) in [6.45, 7) is 3.01. The Kier molecular flexibility index (Phi) is 4.57. The zero-order chi connectivity index (χ0) is 17.2. The highest BCUT2D eigenvalue weighted by Crippen LogP contribution is 2.28. The molecule has 1 aliphatic rings. The van der Waals surface area contributed by atoms with Crippen LogP contribution in [0, 0.1) is 0 Å². The molecule has 1 aromatic carbocycles. The summed E-state index contributed by atoms with van der Waals surface area (Å²) in [5, 5.41) is 2.33. The average Bonchev–Trinajstić information content (AvgIpc) is 3.19. The van der Waals surface area contributed by atoms with Gasteiger partial charge in [0.25, 0.3) is 5.91 Å². The van der Waals surface area contributed by atoms with Gasteiger partial charge >= 0.3 is 6.18 Å². The molecule has 1 fully saturated rings. The number of hydrogen-bond donors (Lipinski definition) is 2. The number of amides is 1. The summed E-state index contributed by atoms with van der Waals surface area (Å²) in [6, 6.07) is 7.04. The van der Waals surface area contributed by atoms with E-state index in [0.717, 1.165) is 25.2 Å². The lowest BCUT2D eigenvalue weighted by Crippen LogP contribution is -2.18. The maximum Gasteiger partial charge on any atom is 0.432 e. The summed E-state index contributed by atoms with van der Waals surface area (Å²) in [5.41, 5.74) is 0.467. The van der Waals surface area contributed by atoms with E-state index >= 15 is 0 Å². The predicted molar refractivity (Wildman–Crippen MR) is 82.5 cm³/mol. The fraction of sp³-hybridized carbons (Fsp3) is 0.375. The van der Waals surface area contributed by atoms with Gasteiger partial charge in [-0.25, -0.2) is 4.98 Å². The number of nitrogens with one attached hydrogen (secondary N) is 2. The number of carbonyl (C=O) groups is 1. The second-order valence-electron chi connectivity index (χ2n) is 5.78. The summed E-state index contributed by atoms with van der Waals surface area (Å²) in [5.74, 6) is -0.737. The molecule has 24 heavy (non-hydrogen) atoms. The van der Waals surface area contributed by atoms with Crippen LogP contribution in [0.3, 0.4) is 0 Å². The number of rotatable bonds is 4. The molecule has 0 radical (unpaired) electrons. The lowest BCUT2D eigenvalue weighted by Gasteiger charge is -2.14. The van der Waals surface area contributed by atoms with Crippen LogP contribution in [-0.4, -0.2) is 33.9 Å². The molecule has 0 spiro atoms. The van der Waals surface area contributed by atoms with Crippen molar-refractivity contribution in [3.8, 4) is 0 Å². The van der Waals surface area contributed by atoms with E-state index in [4.69, 9.17) is 0 Å². The monoisotopic (exact) mass is 338 g/mol. The van der Waals surface area contributed by atoms with Crippen LogP contribution in [0.25, 0.3) is 0 Å². The fourth-order valence-corrected chi connectivity index (χ4v) is 2.67. The molecule has 2 N–H and O–H groups in total. The molecule has 128 valence electrons. The predicted octanol–water partition coefficient (Wildman–Crippen LogP) is 3.28. The highest BCUT2D eigenvalue weighted by atomic mass is 19.4. The van der Waals surface area contributed by atoms with Crippen molar-refractivity contribution in [2.24, 2.45) is 0 Å². The van der Waals surface area contributed by atoms with Gasteiger partial charge in [-0.2, -0.15) is 13.2 Å². The third kappa shape index (κ3) is 3.94. The summed E-state index contributed by atoms with van der Waals surface area (Å²) in [7, 11) is 0. The Morgan fingerprint density at radius 2 is 1.88 bits per heavy atom. The topological polar surface area (TPSA) is 61.0 Å². The maximum absolute atomic E-state index is 12.5. The van der Waals surface area contributed by atoms with Crippen molar-refractivity contribution >= 4 is 11.9 Å². The van der Waals surface area contributed by atoms with Crippen LogP contribution < -0.4 is 5.32 Å². The Morgan fingerprint density at radius 1 is 1.21 bits per heavy atom. The van der Waals surface area contributed by atoms with Gasteiger partial charge in [0.05, 0.1) is 6.20 Å². The van der Waals surface area contributed by atoms with Crippen LogP contribution in [0.2, 0.25) is 0 Å². The molecule has 1 aromatic heterocycles. The SMILES string of the molecule is O=C(Nc1ncc(C(F)(F)F)[nH]1)c1ccc(CN2CCCC2)cc1. The molecule has 1 amide bonds. The van der Waals surface area contributed by atoms with Gasteiger partial charge in [0, 0.05) is 12.1 Å². The van der Waals surface area contributed by atoms with Gasteiger partial charge in [0.2, 0.25) is 5.95 Å². The molecular weight excluding hydrogens is 321 g/mol. The molecule has 0 saturated carbocycles. The van der Waals surface area contributed by atoms with Crippen molar-refractivity contribution in [1.82, 2.24) is 14.9 Å². The van der Waals surface area contributed by atoms with E-state index in [1.54, 1.807) is 12.1 Å². The van der Waals surface area contributed by atoms with Crippen molar-refractivity contribution in [3.63, 3.8) is 0 Å². The first kappa shape index (κ1) is 16.5. The smallest absolute Gasteiger partial charge is 0.320 e. The Morgan fingerprint density at radius 3 is 2.46 bits per heavy atom. The Bertz CT molecular complexity index is 703. The maximum atomic E-state index is 12.5. The Balaban J connectivity index is 1.61. The second-order valence-corrected chi connectivity index (χ2v) is 5.78. The normalized spacial score (nSPS) is 15.6. The molecular formula is C16H17F3N4O. The highest BCUT2D eigenvalue weighted by Gasteiger charge is 2.33. The summed E-state index contributed by atoms with van der Waals surface area (Å²) >= 11 is 0. The summed E-state index contributed by atoms with van der Waals surface area (Å²) in [6.07, 6.45) is -1.45. The number of halogens is 3. The van der Waals surface area contributed by atoms with E-state index in [1.807, 2.05) is 17.1 Å². The molecule has 3 rings (SSSR count). The minimum absolute atomic E-state index is 0.228. The molecule has 1 aliphatic heterocycles. The quantitative estimate of drug-likeness (QED) is 0.899. The van der Waals surface area contributed by atoms with E-state index in [9.17, 15) is 18.0 Å². The number of alkyl halides is 3. The lowest BCUT2D eigenvalue weighted by molar-refractivity contribution is -0.140. The molecule has 0 unspecified atom stereocenters. The van der Waals surface area contributed by atoms with Crippen molar-refractivity contribution < 1.29 is 18.0 Å². The van der Waals surface area contributed by atoms with E-state index in [1.165, 1.54) is 12.8 Å². The van der Waals surface area contributed by atoms with Crippen LogP contribution in [-0.2, 0) is 12.7 Å². The minimum Gasteiger partial charge on any atom is -0.320 e. The van der Waals surface area contributed by atoms with Crippen molar-refractivity contribution in [3.05, 3.63) is 47.3 Å². The molecule has 5 nitrogen and oxygen atoms in total. The fourth-order valence-electron chi connectivity index (χ4n) is 2.67. The number of hydrogen-bond acceptors (Lipinski definition) is 3. The zero-order valence-corrected chi connectivity index (χ0v) is 12.9. The van der Waals surface area contributed by atoms with Gasteiger partial charge in [-0.3, -0.25) is 15.0 Å². The third-order valence-corrected chi connectivity index (χ3v) is 3.93.